The maximum absolute atomic E-state index is 12.1. The van der Waals surface area contributed by atoms with Crippen LogP contribution in [-0.4, -0.2) is 30.5 Å². The Balaban J connectivity index is 1.93. The van der Waals surface area contributed by atoms with Gasteiger partial charge in [0.25, 0.3) is 5.91 Å². The molecule has 0 bridgehead atoms. The van der Waals surface area contributed by atoms with Crippen LogP contribution in [0.1, 0.15) is 16.1 Å². The van der Waals surface area contributed by atoms with Crippen LogP contribution < -0.4 is 15.4 Å². The summed E-state index contributed by atoms with van der Waals surface area (Å²) in [6.45, 7) is 3.95. The van der Waals surface area contributed by atoms with Crippen LogP contribution in [0.4, 0.5) is 5.13 Å². The van der Waals surface area contributed by atoms with E-state index in [1.165, 1.54) is 11.3 Å². The first-order valence-corrected chi connectivity index (χ1v) is 7.77. The second-order valence-corrected chi connectivity index (χ2v) is 5.45. The molecule has 2 amide bonds. The van der Waals surface area contributed by atoms with Crippen molar-refractivity contribution in [1.82, 2.24) is 10.3 Å². The largest absolute Gasteiger partial charge is 0.497 e. The van der Waals surface area contributed by atoms with Crippen molar-refractivity contribution in [3.05, 3.63) is 53.6 Å². The second kappa shape index (κ2) is 8.09. The Hall–Kier alpha value is -2.67. The second-order valence-electron chi connectivity index (χ2n) is 4.60. The zero-order chi connectivity index (χ0) is 16.7. The maximum atomic E-state index is 12.1. The van der Waals surface area contributed by atoms with Gasteiger partial charge in [-0.15, -0.1) is 17.9 Å². The lowest BCUT2D eigenvalue weighted by molar-refractivity contribution is -0.120. The first-order valence-electron chi connectivity index (χ1n) is 6.89. The topological polar surface area (TPSA) is 80.3 Å². The van der Waals surface area contributed by atoms with Crippen molar-refractivity contribution in [1.29, 1.82) is 0 Å². The summed E-state index contributed by atoms with van der Waals surface area (Å²) in [5.74, 6) is 0.288. The van der Waals surface area contributed by atoms with Gasteiger partial charge in [-0.25, -0.2) is 4.98 Å². The van der Waals surface area contributed by atoms with E-state index in [1.54, 1.807) is 42.8 Å². The molecular weight excluding hydrogens is 314 g/mol. The van der Waals surface area contributed by atoms with E-state index in [0.717, 1.165) is 0 Å². The fourth-order valence-corrected chi connectivity index (χ4v) is 2.48. The van der Waals surface area contributed by atoms with Crippen LogP contribution in [0.5, 0.6) is 5.75 Å². The zero-order valence-electron chi connectivity index (χ0n) is 12.7. The van der Waals surface area contributed by atoms with Crippen molar-refractivity contribution in [3.63, 3.8) is 0 Å². The van der Waals surface area contributed by atoms with E-state index in [2.05, 4.69) is 22.2 Å². The molecule has 7 heteroatoms. The molecule has 0 aliphatic rings. The third-order valence-corrected chi connectivity index (χ3v) is 3.72. The van der Waals surface area contributed by atoms with Crippen LogP contribution >= 0.6 is 11.3 Å². The Morgan fingerprint density at radius 1 is 1.35 bits per heavy atom. The highest BCUT2D eigenvalue weighted by Crippen LogP contribution is 2.18. The molecule has 1 aromatic heterocycles. The first-order chi connectivity index (χ1) is 11.1. The number of rotatable bonds is 7. The maximum Gasteiger partial charge on any atom is 0.257 e. The summed E-state index contributed by atoms with van der Waals surface area (Å²) in [6, 6.07) is 6.77. The number of amides is 2. The molecule has 0 fully saturated rings. The van der Waals surface area contributed by atoms with Crippen molar-refractivity contribution in [2.75, 3.05) is 19.0 Å². The van der Waals surface area contributed by atoms with E-state index in [0.29, 0.717) is 28.7 Å². The molecule has 23 heavy (non-hydrogen) atoms. The lowest BCUT2D eigenvalue weighted by Crippen LogP contribution is -2.25. The Labute approximate surface area is 138 Å². The van der Waals surface area contributed by atoms with Gasteiger partial charge in [0.15, 0.2) is 5.13 Å². The summed E-state index contributed by atoms with van der Waals surface area (Å²) >= 11 is 1.28. The number of carbonyl (C=O) groups excluding carboxylic acids is 2. The van der Waals surface area contributed by atoms with Crippen molar-refractivity contribution >= 4 is 28.3 Å². The van der Waals surface area contributed by atoms with Crippen molar-refractivity contribution in [2.45, 2.75) is 6.42 Å². The van der Waals surface area contributed by atoms with Crippen LogP contribution in [0.25, 0.3) is 0 Å². The smallest absolute Gasteiger partial charge is 0.257 e. The lowest BCUT2D eigenvalue weighted by Gasteiger charge is -2.03. The quantitative estimate of drug-likeness (QED) is 0.763. The highest BCUT2D eigenvalue weighted by Gasteiger charge is 2.11. The van der Waals surface area contributed by atoms with Crippen molar-refractivity contribution < 1.29 is 14.3 Å². The Bertz CT molecular complexity index is 695. The molecular formula is C16H17N3O3S. The Morgan fingerprint density at radius 2 is 2.09 bits per heavy atom. The summed E-state index contributed by atoms with van der Waals surface area (Å²) in [5, 5.41) is 7.59. The predicted molar refractivity (Wildman–Crippen MR) is 90.0 cm³/mol. The van der Waals surface area contributed by atoms with Gasteiger partial charge in [0.2, 0.25) is 5.91 Å². The summed E-state index contributed by atoms with van der Waals surface area (Å²) in [4.78, 5) is 27.9. The Kier molecular flexibility index (Phi) is 5.87. The number of thiazole rings is 1. The number of methoxy groups -OCH3 is 1. The summed E-state index contributed by atoms with van der Waals surface area (Å²) < 4.78 is 5.05. The molecule has 0 unspecified atom stereocenters. The van der Waals surface area contributed by atoms with Gasteiger partial charge >= 0.3 is 0 Å². The molecule has 0 saturated heterocycles. The molecule has 1 aromatic carbocycles. The molecule has 0 aliphatic carbocycles. The summed E-state index contributed by atoms with van der Waals surface area (Å²) in [7, 11) is 1.57. The molecule has 0 atom stereocenters. The summed E-state index contributed by atoms with van der Waals surface area (Å²) in [5.41, 5.74) is 1.12. The fraction of sp³-hybridized carbons (Fsp3) is 0.188. The SMILES string of the molecule is C=CCNC(=O)Cc1csc(NC(=O)c2ccc(OC)cc2)n1. The number of nitrogens with one attached hydrogen (secondary N) is 2. The highest BCUT2D eigenvalue weighted by molar-refractivity contribution is 7.14. The number of anilines is 1. The third kappa shape index (κ3) is 4.93. The molecule has 2 rings (SSSR count). The molecule has 0 spiro atoms. The molecule has 120 valence electrons. The Morgan fingerprint density at radius 3 is 2.74 bits per heavy atom. The van der Waals surface area contributed by atoms with Gasteiger partial charge < -0.3 is 10.1 Å². The number of carbonyl (C=O) groups is 2. The van der Waals surface area contributed by atoms with Crippen molar-refractivity contribution in [2.24, 2.45) is 0 Å². The lowest BCUT2D eigenvalue weighted by atomic mass is 10.2. The zero-order valence-corrected chi connectivity index (χ0v) is 13.5. The van der Waals surface area contributed by atoms with Crippen LogP contribution in [0, 0.1) is 0 Å². The van der Waals surface area contributed by atoms with Crippen LogP contribution in [-0.2, 0) is 11.2 Å². The third-order valence-electron chi connectivity index (χ3n) is 2.91. The number of aromatic nitrogens is 1. The predicted octanol–water partition coefficient (Wildman–Crippen LogP) is 2.25. The molecule has 0 radical (unpaired) electrons. The number of hydrogen-bond donors (Lipinski definition) is 2. The van der Waals surface area contributed by atoms with Gasteiger partial charge in [0.05, 0.1) is 19.2 Å². The first kappa shape index (κ1) is 16.7. The molecule has 2 aromatic rings. The highest BCUT2D eigenvalue weighted by atomic mass is 32.1. The van der Waals surface area contributed by atoms with Gasteiger partial charge in [-0.2, -0.15) is 0 Å². The van der Waals surface area contributed by atoms with Gasteiger partial charge in [0, 0.05) is 17.5 Å². The average molecular weight is 331 g/mol. The van der Waals surface area contributed by atoms with E-state index >= 15 is 0 Å². The normalized spacial score (nSPS) is 9.96. The van der Waals surface area contributed by atoms with Crippen molar-refractivity contribution in [3.8, 4) is 5.75 Å². The standard InChI is InChI=1S/C16H17N3O3S/c1-3-8-17-14(20)9-12-10-23-16(18-12)19-15(21)11-4-6-13(22-2)7-5-11/h3-7,10H,1,8-9H2,2H3,(H,17,20)(H,18,19,21). The number of nitrogens with zero attached hydrogens (tertiary/aromatic N) is 1. The van der Waals surface area contributed by atoms with Gasteiger partial charge in [0.1, 0.15) is 5.75 Å². The monoisotopic (exact) mass is 331 g/mol. The van der Waals surface area contributed by atoms with Crippen LogP contribution in [0.3, 0.4) is 0 Å². The molecule has 6 nitrogen and oxygen atoms in total. The van der Waals surface area contributed by atoms with Gasteiger partial charge in [-0.1, -0.05) is 6.08 Å². The number of hydrogen-bond acceptors (Lipinski definition) is 5. The number of ether oxygens (including phenoxy) is 1. The summed E-state index contributed by atoms with van der Waals surface area (Å²) in [6.07, 6.45) is 1.78. The van der Waals surface area contributed by atoms with E-state index < -0.39 is 0 Å². The molecule has 0 saturated carbocycles. The minimum absolute atomic E-state index is 0.136. The fourth-order valence-electron chi connectivity index (χ4n) is 1.77. The van der Waals surface area contributed by atoms with Crippen LogP contribution in [0.2, 0.25) is 0 Å². The van der Waals surface area contributed by atoms with Gasteiger partial charge in [-0.05, 0) is 24.3 Å². The van der Waals surface area contributed by atoms with E-state index in [4.69, 9.17) is 4.74 Å². The minimum Gasteiger partial charge on any atom is -0.497 e. The molecule has 2 N–H and O–H groups in total. The van der Waals surface area contributed by atoms with E-state index in [-0.39, 0.29) is 18.2 Å². The van der Waals surface area contributed by atoms with E-state index in [1.807, 2.05) is 0 Å². The van der Waals surface area contributed by atoms with Crippen LogP contribution in [0.15, 0.2) is 42.3 Å². The minimum atomic E-state index is -0.260. The molecule has 0 aliphatic heterocycles. The average Bonchev–Trinajstić information content (AvgIpc) is 2.99. The molecule has 1 heterocycles. The number of benzene rings is 1. The van der Waals surface area contributed by atoms with E-state index in [9.17, 15) is 9.59 Å². The van der Waals surface area contributed by atoms with Gasteiger partial charge in [-0.3, -0.25) is 14.9 Å².